The van der Waals surface area contributed by atoms with E-state index in [4.69, 9.17) is 5.11 Å². The molecule has 0 saturated heterocycles. The molecule has 1 rings (SSSR count). The van der Waals surface area contributed by atoms with Crippen LogP contribution in [0.5, 0.6) is 0 Å². The van der Waals surface area contributed by atoms with Crippen molar-refractivity contribution in [3.05, 3.63) is 35.4 Å². The zero-order chi connectivity index (χ0) is 13.0. The summed E-state index contributed by atoms with van der Waals surface area (Å²) < 4.78 is 0. The molecule has 1 amide bonds. The minimum absolute atomic E-state index is 0.224. The molecule has 0 aliphatic heterocycles. The highest BCUT2D eigenvalue weighted by Gasteiger charge is 2.18. The topological polar surface area (TPSA) is 74.7 Å². The van der Waals surface area contributed by atoms with E-state index in [1.165, 1.54) is 20.0 Å². The molecule has 0 atom stereocenters. The standard InChI is InChI=1S/C12H13NO4/c1-8(14)9-5-3-4-6-10(9)12(17)13(2)7-11(15)16/h3-6H,7H2,1-2H3,(H,15,16). The summed E-state index contributed by atoms with van der Waals surface area (Å²) in [5.41, 5.74) is 0.526. The molecule has 0 saturated carbocycles. The number of hydrogen-bond acceptors (Lipinski definition) is 3. The van der Waals surface area contributed by atoms with Crippen LogP contribution in [0.3, 0.4) is 0 Å². The summed E-state index contributed by atoms with van der Waals surface area (Å²) in [6.45, 7) is 0.967. The van der Waals surface area contributed by atoms with Crippen molar-refractivity contribution in [1.29, 1.82) is 0 Å². The van der Waals surface area contributed by atoms with E-state index >= 15 is 0 Å². The van der Waals surface area contributed by atoms with Gasteiger partial charge >= 0.3 is 5.97 Å². The molecule has 0 bridgehead atoms. The number of rotatable bonds is 4. The van der Waals surface area contributed by atoms with Gasteiger partial charge in [0.15, 0.2) is 5.78 Å². The Morgan fingerprint density at radius 2 is 1.71 bits per heavy atom. The van der Waals surface area contributed by atoms with Gasteiger partial charge in [-0.05, 0) is 13.0 Å². The van der Waals surface area contributed by atoms with Gasteiger partial charge in [-0.1, -0.05) is 18.2 Å². The molecule has 0 spiro atoms. The van der Waals surface area contributed by atoms with Crippen molar-refractivity contribution in [3.8, 4) is 0 Å². The van der Waals surface area contributed by atoms with Crippen molar-refractivity contribution < 1.29 is 19.5 Å². The summed E-state index contributed by atoms with van der Waals surface area (Å²) in [5, 5.41) is 8.60. The highest BCUT2D eigenvalue weighted by Crippen LogP contribution is 2.11. The Kier molecular flexibility index (Phi) is 3.98. The van der Waals surface area contributed by atoms with Gasteiger partial charge in [0.05, 0.1) is 5.56 Å². The maximum Gasteiger partial charge on any atom is 0.323 e. The Hall–Kier alpha value is -2.17. The highest BCUT2D eigenvalue weighted by atomic mass is 16.4. The first-order valence-corrected chi connectivity index (χ1v) is 5.00. The normalized spacial score (nSPS) is 9.76. The number of benzene rings is 1. The van der Waals surface area contributed by atoms with Crippen LogP contribution < -0.4 is 0 Å². The van der Waals surface area contributed by atoms with Gasteiger partial charge in [-0.2, -0.15) is 0 Å². The summed E-state index contributed by atoms with van der Waals surface area (Å²) in [4.78, 5) is 34.8. The predicted molar refractivity (Wildman–Crippen MR) is 61.0 cm³/mol. The first-order chi connectivity index (χ1) is 7.93. The van der Waals surface area contributed by atoms with Crippen LogP contribution in [0, 0.1) is 0 Å². The van der Waals surface area contributed by atoms with Crippen LogP contribution in [0.1, 0.15) is 27.6 Å². The Morgan fingerprint density at radius 3 is 2.18 bits per heavy atom. The third kappa shape index (κ3) is 3.14. The van der Waals surface area contributed by atoms with Crippen molar-refractivity contribution in [2.75, 3.05) is 13.6 Å². The third-order valence-electron chi connectivity index (χ3n) is 2.26. The van der Waals surface area contributed by atoms with Gasteiger partial charge in [0.1, 0.15) is 6.54 Å². The van der Waals surface area contributed by atoms with Gasteiger partial charge in [-0.25, -0.2) is 0 Å². The lowest BCUT2D eigenvalue weighted by Crippen LogP contribution is -2.32. The Labute approximate surface area is 98.7 Å². The first kappa shape index (κ1) is 12.9. The molecule has 1 N–H and O–H groups in total. The molecule has 0 aromatic heterocycles. The Balaban J connectivity index is 3.04. The van der Waals surface area contributed by atoms with E-state index in [9.17, 15) is 14.4 Å². The Morgan fingerprint density at radius 1 is 1.18 bits per heavy atom. The Bertz CT molecular complexity index is 467. The molecule has 0 unspecified atom stereocenters. The maximum absolute atomic E-state index is 11.9. The number of hydrogen-bond donors (Lipinski definition) is 1. The number of nitrogens with zero attached hydrogens (tertiary/aromatic N) is 1. The number of carboxylic acids is 1. The molecule has 90 valence electrons. The van der Waals surface area contributed by atoms with Crippen LogP contribution in [-0.4, -0.2) is 41.3 Å². The average molecular weight is 235 g/mol. The number of ketones is 1. The van der Waals surface area contributed by atoms with Crippen molar-refractivity contribution in [3.63, 3.8) is 0 Å². The minimum atomic E-state index is -1.10. The van der Waals surface area contributed by atoms with Crippen LogP contribution >= 0.6 is 0 Å². The second-order valence-electron chi connectivity index (χ2n) is 3.66. The second-order valence-corrected chi connectivity index (χ2v) is 3.66. The van der Waals surface area contributed by atoms with E-state index in [1.807, 2.05) is 0 Å². The van der Waals surface area contributed by atoms with Crippen molar-refractivity contribution in [2.45, 2.75) is 6.92 Å². The highest BCUT2D eigenvalue weighted by molar-refractivity contribution is 6.07. The number of Topliss-reactive ketones (excluding diaryl/α,β-unsaturated/α-hetero) is 1. The fourth-order valence-electron chi connectivity index (χ4n) is 1.46. The van der Waals surface area contributed by atoms with Gasteiger partial charge in [-0.15, -0.1) is 0 Å². The van der Waals surface area contributed by atoms with E-state index in [0.29, 0.717) is 5.56 Å². The summed E-state index contributed by atoms with van der Waals surface area (Å²) >= 11 is 0. The van der Waals surface area contributed by atoms with Crippen LogP contribution in [0.2, 0.25) is 0 Å². The molecule has 0 heterocycles. The summed E-state index contributed by atoms with van der Waals surface area (Å²) in [7, 11) is 1.38. The van der Waals surface area contributed by atoms with Crippen LogP contribution in [-0.2, 0) is 4.79 Å². The number of likely N-dealkylation sites (N-methyl/N-ethyl adjacent to an activating group) is 1. The largest absolute Gasteiger partial charge is 0.480 e. The molecule has 0 radical (unpaired) electrons. The summed E-state index contributed by atoms with van der Waals surface area (Å²) in [5.74, 6) is -1.79. The number of amides is 1. The van der Waals surface area contributed by atoms with E-state index in [2.05, 4.69) is 0 Å². The van der Waals surface area contributed by atoms with Gasteiger partial charge in [-0.3, -0.25) is 14.4 Å². The maximum atomic E-state index is 11.9. The molecule has 0 fully saturated rings. The summed E-state index contributed by atoms with van der Waals surface area (Å²) in [6, 6.07) is 6.35. The van der Waals surface area contributed by atoms with Crippen LogP contribution in [0.25, 0.3) is 0 Å². The van der Waals surface area contributed by atoms with Crippen LogP contribution in [0.4, 0.5) is 0 Å². The molecule has 5 nitrogen and oxygen atoms in total. The lowest BCUT2D eigenvalue weighted by molar-refractivity contribution is -0.137. The number of carboxylic acid groups (broad SMARTS) is 1. The van der Waals surface area contributed by atoms with Crippen molar-refractivity contribution in [2.24, 2.45) is 0 Å². The minimum Gasteiger partial charge on any atom is -0.480 e. The molecule has 17 heavy (non-hydrogen) atoms. The van der Waals surface area contributed by atoms with Gasteiger partial charge in [0.25, 0.3) is 5.91 Å². The van der Waals surface area contributed by atoms with E-state index in [-0.39, 0.29) is 11.3 Å². The quantitative estimate of drug-likeness (QED) is 0.791. The molecule has 0 aliphatic rings. The number of carbonyl (C=O) groups is 3. The fourth-order valence-corrected chi connectivity index (χ4v) is 1.46. The van der Waals surface area contributed by atoms with Crippen molar-refractivity contribution >= 4 is 17.7 Å². The predicted octanol–water partition coefficient (Wildman–Crippen LogP) is 1.05. The fraction of sp³-hybridized carbons (Fsp3) is 0.250. The third-order valence-corrected chi connectivity index (χ3v) is 2.26. The number of aliphatic carboxylic acids is 1. The molecule has 1 aromatic carbocycles. The smallest absolute Gasteiger partial charge is 0.323 e. The lowest BCUT2D eigenvalue weighted by atomic mass is 10.0. The van der Waals surface area contributed by atoms with Crippen molar-refractivity contribution in [1.82, 2.24) is 4.90 Å². The lowest BCUT2D eigenvalue weighted by Gasteiger charge is -2.16. The molecule has 1 aromatic rings. The molecule has 5 heteroatoms. The zero-order valence-corrected chi connectivity index (χ0v) is 9.64. The van der Waals surface area contributed by atoms with Crippen LogP contribution in [0.15, 0.2) is 24.3 Å². The van der Waals surface area contributed by atoms with E-state index in [1.54, 1.807) is 18.2 Å². The monoisotopic (exact) mass is 235 g/mol. The zero-order valence-electron chi connectivity index (χ0n) is 9.64. The van der Waals surface area contributed by atoms with E-state index in [0.717, 1.165) is 4.90 Å². The molecule has 0 aliphatic carbocycles. The first-order valence-electron chi connectivity index (χ1n) is 5.00. The van der Waals surface area contributed by atoms with Gasteiger partial charge < -0.3 is 10.0 Å². The number of carbonyl (C=O) groups excluding carboxylic acids is 2. The SMILES string of the molecule is CC(=O)c1ccccc1C(=O)N(C)CC(=O)O. The second kappa shape index (κ2) is 5.25. The average Bonchev–Trinajstić information content (AvgIpc) is 2.27. The molecular formula is C12H13NO4. The van der Waals surface area contributed by atoms with E-state index < -0.39 is 18.4 Å². The van der Waals surface area contributed by atoms with Gasteiger partial charge in [0, 0.05) is 12.6 Å². The summed E-state index contributed by atoms with van der Waals surface area (Å²) in [6.07, 6.45) is 0. The van der Waals surface area contributed by atoms with Gasteiger partial charge in [0.2, 0.25) is 0 Å². The molecular weight excluding hydrogens is 222 g/mol.